The molecule has 6 nitrogen and oxygen atoms in total. The smallest absolute Gasteiger partial charge is 0.231 e. The van der Waals surface area contributed by atoms with Gasteiger partial charge in [0.25, 0.3) is 0 Å². The summed E-state index contributed by atoms with van der Waals surface area (Å²) in [6.07, 6.45) is 3.55. The minimum absolute atomic E-state index is 0.263. The van der Waals surface area contributed by atoms with Crippen molar-refractivity contribution in [1.29, 1.82) is 0 Å². The average Bonchev–Trinajstić information content (AvgIpc) is 3.05. The summed E-state index contributed by atoms with van der Waals surface area (Å²) in [6, 6.07) is 3.84. The molecule has 2 aromatic rings. The molecule has 0 unspecified atom stereocenters. The monoisotopic (exact) mass is 275 g/mol. The maximum atomic E-state index is 5.90. The molecule has 1 aliphatic heterocycles. The number of benzene rings is 1. The maximum absolute atomic E-state index is 5.90. The summed E-state index contributed by atoms with van der Waals surface area (Å²) in [6.45, 7) is 1.43. The van der Waals surface area contributed by atoms with Crippen LogP contribution in [-0.4, -0.2) is 23.4 Å². The average molecular weight is 275 g/mol. The molecule has 0 radical (unpaired) electrons. The fraction of sp³-hybridized carbons (Fsp3) is 0.357. The summed E-state index contributed by atoms with van der Waals surface area (Å²) in [5.74, 6) is 2.29. The van der Waals surface area contributed by atoms with Crippen molar-refractivity contribution in [2.45, 2.75) is 13.2 Å². The number of ether oxygens (including phenoxy) is 3. The number of imidazole rings is 1. The molecule has 0 aliphatic carbocycles. The van der Waals surface area contributed by atoms with Crippen molar-refractivity contribution < 1.29 is 14.2 Å². The Balaban J connectivity index is 1.82. The van der Waals surface area contributed by atoms with Crippen LogP contribution in [0.3, 0.4) is 0 Å². The zero-order valence-electron chi connectivity index (χ0n) is 11.5. The van der Waals surface area contributed by atoms with Crippen molar-refractivity contribution in [3.8, 4) is 17.2 Å². The van der Waals surface area contributed by atoms with Crippen LogP contribution in [0.15, 0.2) is 24.7 Å². The van der Waals surface area contributed by atoms with E-state index in [-0.39, 0.29) is 6.79 Å². The van der Waals surface area contributed by atoms with Crippen LogP contribution in [0.5, 0.6) is 17.2 Å². The summed E-state index contributed by atoms with van der Waals surface area (Å²) in [4.78, 5) is 4.08. The fourth-order valence-corrected chi connectivity index (χ4v) is 2.10. The van der Waals surface area contributed by atoms with Gasteiger partial charge in [0.05, 0.1) is 18.2 Å². The van der Waals surface area contributed by atoms with Gasteiger partial charge in [-0.3, -0.25) is 0 Å². The first-order valence-electron chi connectivity index (χ1n) is 6.43. The number of nitrogens with one attached hydrogen (secondary N) is 1. The third-order valence-corrected chi connectivity index (χ3v) is 3.21. The molecule has 0 fully saturated rings. The van der Waals surface area contributed by atoms with E-state index in [1.807, 2.05) is 30.8 Å². The molecule has 6 heteroatoms. The fourth-order valence-electron chi connectivity index (χ4n) is 2.10. The van der Waals surface area contributed by atoms with Crippen LogP contribution in [0.1, 0.15) is 11.3 Å². The van der Waals surface area contributed by atoms with Crippen molar-refractivity contribution in [2.24, 2.45) is 7.05 Å². The highest BCUT2D eigenvalue weighted by atomic mass is 16.7. The zero-order valence-corrected chi connectivity index (χ0v) is 11.5. The Labute approximate surface area is 117 Å². The molecule has 0 amide bonds. The first-order chi connectivity index (χ1) is 9.78. The normalized spacial score (nSPS) is 12.7. The van der Waals surface area contributed by atoms with E-state index in [0.717, 1.165) is 28.5 Å². The van der Waals surface area contributed by atoms with E-state index in [1.54, 1.807) is 12.5 Å². The van der Waals surface area contributed by atoms with Gasteiger partial charge in [0.2, 0.25) is 6.79 Å². The van der Waals surface area contributed by atoms with Gasteiger partial charge in [-0.25, -0.2) is 4.98 Å². The second kappa shape index (κ2) is 5.42. The van der Waals surface area contributed by atoms with Crippen LogP contribution in [-0.2, 0) is 20.2 Å². The summed E-state index contributed by atoms with van der Waals surface area (Å²) in [5.41, 5.74) is 2.05. The second-order valence-electron chi connectivity index (χ2n) is 4.63. The first-order valence-corrected chi connectivity index (χ1v) is 6.43. The van der Waals surface area contributed by atoms with Gasteiger partial charge in [0.15, 0.2) is 11.5 Å². The largest absolute Gasteiger partial charge is 0.487 e. The quantitative estimate of drug-likeness (QED) is 0.895. The van der Waals surface area contributed by atoms with Crippen LogP contribution < -0.4 is 19.5 Å². The molecule has 20 heavy (non-hydrogen) atoms. The predicted molar refractivity (Wildman–Crippen MR) is 72.9 cm³/mol. The van der Waals surface area contributed by atoms with Gasteiger partial charge in [0, 0.05) is 25.2 Å². The Morgan fingerprint density at radius 1 is 1.35 bits per heavy atom. The van der Waals surface area contributed by atoms with Gasteiger partial charge in [-0.2, -0.15) is 0 Å². The Hall–Kier alpha value is -2.21. The highest BCUT2D eigenvalue weighted by molar-refractivity contribution is 5.51. The molecule has 0 atom stereocenters. The van der Waals surface area contributed by atoms with E-state index in [4.69, 9.17) is 14.2 Å². The minimum atomic E-state index is 0.263. The Morgan fingerprint density at radius 2 is 2.15 bits per heavy atom. The zero-order chi connectivity index (χ0) is 13.9. The summed E-state index contributed by atoms with van der Waals surface area (Å²) in [5, 5.41) is 3.13. The molecule has 0 bridgehead atoms. The Kier molecular flexibility index (Phi) is 3.47. The molecule has 3 rings (SSSR count). The molecular weight excluding hydrogens is 258 g/mol. The van der Waals surface area contributed by atoms with Crippen LogP contribution in [0.2, 0.25) is 0 Å². The van der Waals surface area contributed by atoms with Crippen molar-refractivity contribution in [2.75, 3.05) is 13.8 Å². The van der Waals surface area contributed by atoms with Crippen molar-refractivity contribution in [3.05, 3.63) is 35.9 Å². The first kappa shape index (κ1) is 12.8. The lowest BCUT2D eigenvalue weighted by molar-refractivity contribution is 0.173. The summed E-state index contributed by atoms with van der Waals surface area (Å²) < 4.78 is 18.6. The maximum Gasteiger partial charge on any atom is 0.231 e. The highest BCUT2D eigenvalue weighted by Gasteiger charge is 2.18. The van der Waals surface area contributed by atoms with Gasteiger partial charge in [-0.05, 0) is 13.1 Å². The lowest BCUT2D eigenvalue weighted by Gasteiger charge is -2.12. The van der Waals surface area contributed by atoms with Crippen molar-refractivity contribution in [3.63, 3.8) is 0 Å². The predicted octanol–water partition coefficient (Wildman–Crippen LogP) is 1.45. The van der Waals surface area contributed by atoms with Crippen LogP contribution in [0.25, 0.3) is 0 Å². The van der Waals surface area contributed by atoms with Gasteiger partial charge in [0.1, 0.15) is 12.4 Å². The SMILES string of the molecule is CNCc1cc2c(cc1OCc1cncn1C)OCO2. The lowest BCUT2D eigenvalue weighted by Crippen LogP contribution is -2.08. The number of hydrogen-bond acceptors (Lipinski definition) is 5. The Bertz CT molecular complexity index is 610. The third-order valence-electron chi connectivity index (χ3n) is 3.21. The number of fused-ring (bicyclic) bond motifs is 1. The molecule has 1 N–H and O–H groups in total. The lowest BCUT2D eigenvalue weighted by atomic mass is 10.1. The third kappa shape index (κ3) is 2.42. The molecular formula is C14H17N3O3. The standard InChI is InChI=1S/C14H17N3O3/c1-15-5-10-3-13-14(20-9-19-13)4-12(10)18-7-11-6-16-8-17(11)2/h3-4,6,8,15H,5,7,9H2,1-2H3. The molecule has 2 heterocycles. The highest BCUT2D eigenvalue weighted by Crippen LogP contribution is 2.38. The van der Waals surface area contributed by atoms with Crippen molar-refractivity contribution >= 4 is 0 Å². The van der Waals surface area contributed by atoms with Gasteiger partial charge in [-0.15, -0.1) is 0 Å². The molecule has 0 saturated heterocycles. The molecule has 106 valence electrons. The molecule has 0 saturated carbocycles. The number of aromatic nitrogens is 2. The van der Waals surface area contributed by atoms with E-state index in [2.05, 4.69) is 10.3 Å². The topological polar surface area (TPSA) is 57.5 Å². The minimum Gasteiger partial charge on any atom is -0.487 e. The number of hydrogen-bond donors (Lipinski definition) is 1. The van der Waals surface area contributed by atoms with E-state index in [9.17, 15) is 0 Å². The molecule has 1 aromatic carbocycles. The van der Waals surface area contributed by atoms with E-state index in [1.165, 1.54) is 0 Å². The van der Waals surface area contributed by atoms with Gasteiger partial charge < -0.3 is 24.1 Å². The number of rotatable bonds is 5. The van der Waals surface area contributed by atoms with Gasteiger partial charge in [-0.1, -0.05) is 0 Å². The number of nitrogens with zero attached hydrogens (tertiary/aromatic N) is 2. The molecule has 1 aliphatic rings. The number of aryl methyl sites for hydroxylation is 1. The second-order valence-corrected chi connectivity index (χ2v) is 4.63. The molecule has 0 spiro atoms. The van der Waals surface area contributed by atoms with E-state index < -0.39 is 0 Å². The van der Waals surface area contributed by atoms with Crippen molar-refractivity contribution in [1.82, 2.24) is 14.9 Å². The van der Waals surface area contributed by atoms with Crippen LogP contribution in [0, 0.1) is 0 Å². The van der Waals surface area contributed by atoms with Crippen LogP contribution in [0.4, 0.5) is 0 Å². The molecule has 1 aromatic heterocycles. The Morgan fingerprint density at radius 3 is 2.85 bits per heavy atom. The summed E-state index contributed by atoms with van der Waals surface area (Å²) in [7, 11) is 3.84. The summed E-state index contributed by atoms with van der Waals surface area (Å²) >= 11 is 0. The van der Waals surface area contributed by atoms with Gasteiger partial charge >= 0.3 is 0 Å². The van der Waals surface area contributed by atoms with E-state index >= 15 is 0 Å². The van der Waals surface area contributed by atoms with E-state index in [0.29, 0.717) is 13.2 Å². The van der Waals surface area contributed by atoms with Crippen LogP contribution >= 0.6 is 0 Å².